The molecule has 3 heterocycles. The van der Waals surface area contributed by atoms with Crippen LogP contribution in [0.3, 0.4) is 0 Å². The van der Waals surface area contributed by atoms with Crippen molar-refractivity contribution in [2.75, 3.05) is 33.3 Å². The van der Waals surface area contributed by atoms with Crippen molar-refractivity contribution >= 4 is 11.6 Å². The van der Waals surface area contributed by atoms with E-state index in [4.69, 9.17) is 30.2 Å². The normalized spacial score (nSPS) is 14.4. The molecule has 52 heavy (non-hydrogen) atoms. The first-order valence-electron chi connectivity index (χ1n) is 17.5. The Labute approximate surface area is 310 Å². The first-order chi connectivity index (χ1) is 25.3. The van der Waals surface area contributed by atoms with Crippen molar-refractivity contribution in [3.8, 4) is 34.4 Å². The van der Waals surface area contributed by atoms with Gasteiger partial charge in [0.1, 0.15) is 42.8 Å². The monoisotopic (exact) mass is 721 g/mol. The maximum Gasteiger partial charge on any atom is 0.180 e. The lowest BCUT2D eigenvalue weighted by Crippen LogP contribution is -2.24. The Morgan fingerprint density at radius 3 is 2.54 bits per heavy atom. The molecule has 0 aliphatic carbocycles. The molecule has 270 valence electrons. The minimum atomic E-state index is -0.203. The van der Waals surface area contributed by atoms with Gasteiger partial charge in [-0.15, -0.1) is 0 Å². The number of ether oxygens (including phenoxy) is 3. The summed E-state index contributed by atoms with van der Waals surface area (Å²) in [7, 11) is 1.98. The number of rotatable bonds is 16. The quantitative estimate of drug-likeness (QED) is 0.103. The van der Waals surface area contributed by atoms with Gasteiger partial charge in [0.15, 0.2) is 6.39 Å². The van der Waals surface area contributed by atoms with E-state index in [0.29, 0.717) is 48.4 Å². The lowest BCUT2D eigenvalue weighted by atomic mass is 9.93. The number of β-amino-alcohol motifs (C(OH)–C–C–N with tert-alkyl or cyclic N) is 1. The van der Waals surface area contributed by atoms with E-state index in [2.05, 4.69) is 57.9 Å². The Bertz CT molecular complexity index is 2000. The molecule has 0 bridgehead atoms. The molecule has 0 amide bonds. The van der Waals surface area contributed by atoms with Gasteiger partial charge < -0.3 is 28.6 Å². The molecule has 1 aliphatic rings. The fourth-order valence-corrected chi connectivity index (χ4v) is 6.75. The summed E-state index contributed by atoms with van der Waals surface area (Å²) in [6.07, 6.45) is 7.81. The molecule has 0 saturated carbocycles. The molecule has 2 aromatic heterocycles. The number of hydrogen-bond acceptors (Lipinski definition) is 10. The van der Waals surface area contributed by atoms with Gasteiger partial charge in [0, 0.05) is 62.3 Å². The highest BCUT2D eigenvalue weighted by molar-refractivity contribution is 6.32. The van der Waals surface area contributed by atoms with E-state index in [1.54, 1.807) is 18.5 Å². The van der Waals surface area contributed by atoms with Crippen molar-refractivity contribution in [3.05, 3.63) is 124 Å². The first-order valence-corrected chi connectivity index (χ1v) is 17.8. The molecule has 11 heteroatoms. The number of nitrogens with zero attached hydrogens (tertiary/aromatic N) is 5. The molecule has 1 unspecified atom stereocenters. The predicted molar refractivity (Wildman–Crippen MR) is 199 cm³/mol. The number of nitriles is 1. The van der Waals surface area contributed by atoms with Crippen LogP contribution in [-0.2, 0) is 26.3 Å². The fraction of sp³-hybridized carbons (Fsp3) is 0.341. The molecule has 1 fully saturated rings. The molecule has 1 N–H and O–H groups in total. The van der Waals surface area contributed by atoms with Crippen molar-refractivity contribution in [1.29, 1.82) is 5.26 Å². The van der Waals surface area contributed by atoms with Crippen LogP contribution in [0, 0.1) is 25.2 Å². The zero-order valence-corrected chi connectivity index (χ0v) is 30.6. The van der Waals surface area contributed by atoms with Gasteiger partial charge >= 0.3 is 0 Å². The summed E-state index contributed by atoms with van der Waals surface area (Å²) in [4.78, 5) is 12.8. The highest BCUT2D eigenvalue weighted by Gasteiger charge is 2.20. The second-order valence-electron chi connectivity index (χ2n) is 13.3. The smallest absolute Gasteiger partial charge is 0.180 e. The highest BCUT2D eigenvalue weighted by atomic mass is 35.5. The van der Waals surface area contributed by atoms with Crippen LogP contribution in [0.2, 0.25) is 5.02 Å². The van der Waals surface area contributed by atoms with Crippen LogP contribution in [0.4, 0.5) is 0 Å². The second kappa shape index (κ2) is 17.5. The number of halogens is 1. The molecule has 10 nitrogen and oxygen atoms in total. The lowest BCUT2D eigenvalue weighted by Gasteiger charge is -2.20. The van der Waals surface area contributed by atoms with Crippen LogP contribution in [0.1, 0.15) is 51.9 Å². The standard InChI is InChI=1S/C41H44ClN5O5/c1-28-32(7-4-8-36(28)37-9-5-10-39(29(37)2)50-14-6-12-47-13-11-35(48)23-47)25-52-41-17-40(51-24-31-15-30(18-43)19-44-20-31)33(16-38(41)42)21-46(3)22-34-26-49-27-45-34/h4-5,7-10,15-17,19-20,26-27,35,48H,6,11-14,21-25H2,1-3H3. The molecule has 1 atom stereocenters. The van der Waals surface area contributed by atoms with Crippen LogP contribution < -0.4 is 14.2 Å². The number of aliphatic hydroxyl groups is 1. The molecule has 0 radical (unpaired) electrons. The Hall–Kier alpha value is -4.92. The third-order valence-corrected chi connectivity index (χ3v) is 9.61. The number of benzene rings is 3. The van der Waals surface area contributed by atoms with Crippen molar-refractivity contribution in [2.24, 2.45) is 0 Å². The summed E-state index contributed by atoms with van der Waals surface area (Å²) in [6.45, 7) is 9.08. The summed E-state index contributed by atoms with van der Waals surface area (Å²) in [5.74, 6) is 1.99. The van der Waals surface area contributed by atoms with Gasteiger partial charge in [-0.3, -0.25) is 9.88 Å². The molecule has 6 rings (SSSR count). The third-order valence-electron chi connectivity index (χ3n) is 9.32. The predicted octanol–water partition coefficient (Wildman–Crippen LogP) is 7.50. The first kappa shape index (κ1) is 36.9. The van der Waals surface area contributed by atoms with Gasteiger partial charge in [0.25, 0.3) is 0 Å². The molecule has 3 aromatic carbocycles. The van der Waals surface area contributed by atoms with E-state index in [1.807, 2.05) is 37.4 Å². The van der Waals surface area contributed by atoms with Crippen LogP contribution in [0.5, 0.6) is 17.2 Å². The van der Waals surface area contributed by atoms with Crippen LogP contribution >= 0.6 is 11.6 Å². The van der Waals surface area contributed by atoms with Gasteiger partial charge in [0.05, 0.1) is 29.0 Å². The maximum absolute atomic E-state index is 9.80. The minimum Gasteiger partial charge on any atom is -0.493 e. The Morgan fingerprint density at radius 2 is 1.77 bits per heavy atom. The third kappa shape index (κ3) is 9.49. The van der Waals surface area contributed by atoms with Crippen molar-refractivity contribution < 1.29 is 23.7 Å². The number of aromatic nitrogens is 2. The molecule has 1 aliphatic heterocycles. The molecular formula is C41H44ClN5O5. The lowest BCUT2D eigenvalue weighted by molar-refractivity contribution is 0.173. The molecule has 0 spiro atoms. The number of hydrogen-bond donors (Lipinski definition) is 1. The maximum atomic E-state index is 9.80. The molecular weight excluding hydrogens is 678 g/mol. The summed E-state index contributed by atoms with van der Waals surface area (Å²) < 4.78 is 24.1. The number of likely N-dealkylation sites (tertiary alicyclic amines) is 1. The number of aliphatic hydroxyl groups excluding tert-OH is 1. The fourth-order valence-electron chi connectivity index (χ4n) is 6.51. The van der Waals surface area contributed by atoms with E-state index in [1.165, 1.54) is 12.6 Å². The Kier molecular flexibility index (Phi) is 12.4. The average molecular weight is 722 g/mol. The summed E-state index contributed by atoms with van der Waals surface area (Å²) in [5.41, 5.74) is 8.39. The average Bonchev–Trinajstić information content (AvgIpc) is 3.82. The van der Waals surface area contributed by atoms with Crippen LogP contribution in [-0.4, -0.2) is 64.3 Å². The largest absolute Gasteiger partial charge is 0.493 e. The van der Waals surface area contributed by atoms with E-state index in [0.717, 1.165) is 82.9 Å². The van der Waals surface area contributed by atoms with Gasteiger partial charge in [-0.2, -0.15) is 5.26 Å². The number of oxazole rings is 1. The van der Waals surface area contributed by atoms with E-state index < -0.39 is 0 Å². The van der Waals surface area contributed by atoms with Gasteiger partial charge in [0.2, 0.25) is 0 Å². The van der Waals surface area contributed by atoms with Gasteiger partial charge in [-0.1, -0.05) is 41.9 Å². The van der Waals surface area contributed by atoms with Crippen LogP contribution in [0.15, 0.2) is 84.1 Å². The van der Waals surface area contributed by atoms with E-state index in [9.17, 15) is 10.4 Å². The van der Waals surface area contributed by atoms with E-state index in [-0.39, 0.29) is 12.7 Å². The summed E-state index contributed by atoms with van der Waals surface area (Å²) in [6, 6.07) is 20.0. The number of pyridine rings is 1. The van der Waals surface area contributed by atoms with Gasteiger partial charge in [-0.05, 0) is 79.8 Å². The SMILES string of the molecule is Cc1c(COc2cc(OCc3cncc(C#N)c3)c(CN(C)Cc3cocn3)cc2Cl)cccc1-c1cccc(OCCCN2CCC(O)C2)c1C. The zero-order valence-electron chi connectivity index (χ0n) is 29.8. The van der Waals surface area contributed by atoms with Gasteiger partial charge in [-0.25, -0.2) is 4.98 Å². The second-order valence-corrected chi connectivity index (χ2v) is 13.7. The molecule has 5 aromatic rings. The Balaban J connectivity index is 1.16. The van der Waals surface area contributed by atoms with Crippen molar-refractivity contribution in [3.63, 3.8) is 0 Å². The summed E-state index contributed by atoms with van der Waals surface area (Å²) >= 11 is 6.85. The van der Waals surface area contributed by atoms with Crippen molar-refractivity contribution in [2.45, 2.75) is 59.1 Å². The Morgan fingerprint density at radius 1 is 0.962 bits per heavy atom. The summed E-state index contributed by atoms with van der Waals surface area (Å²) in [5, 5.41) is 19.6. The van der Waals surface area contributed by atoms with Crippen molar-refractivity contribution in [1.82, 2.24) is 19.8 Å². The van der Waals surface area contributed by atoms with E-state index >= 15 is 0 Å². The molecule has 1 saturated heterocycles. The minimum absolute atomic E-state index is 0.203. The van der Waals surface area contributed by atoms with Crippen LogP contribution in [0.25, 0.3) is 11.1 Å². The topological polar surface area (TPSA) is 117 Å². The highest BCUT2D eigenvalue weighted by Crippen LogP contribution is 2.37. The zero-order chi connectivity index (χ0) is 36.5.